The van der Waals surface area contributed by atoms with E-state index in [-0.39, 0.29) is 17.9 Å². The van der Waals surface area contributed by atoms with Crippen LogP contribution in [-0.4, -0.2) is 29.6 Å². The number of likely N-dealkylation sites (tertiary alicyclic amines) is 1. The lowest BCUT2D eigenvalue weighted by molar-refractivity contribution is -0.166. The molecule has 0 amide bonds. The molecule has 4 nitrogen and oxygen atoms in total. The highest BCUT2D eigenvalue weighted by atomic mass is 35.5. The number of nitrogens with zero attached hydrogens (tertiary/aromatic N) is 1. The standard InChI is InChI=1S/C26H34Cl2N2O2/c1-7-23(18-10-16(2)24(28)17(3)11-18)29-21-8-9-22(27)19(12-21)13-30-14-20(15-30)25(31)32-26(4,5)6/h8-12,20,23,29H,7,13-15H2,1-6H3/t23-/m1/s1. The van der Waals surface area contributed by atoms with Crippen LogP contribution < -0.4 is 5.32 Å². The first-order valence-corrected chi connectivity index (χ1v) is 12.0. The summed E-state index contributed by atoms with van der Waals surface area (Å²) in [5.74, 6) is -0.176. The lowest BCUT2D eigenvalue weighted by Crippen LogP contribution is -2.51. The lowest BCUT2D eigenvalue weighted by atomic mass is 9.98. The first-order valence-electron chi connectivity index (χ1n) is 11.2. The number of hydrogen-bond acceptors (Lipinski definition) is 4. The zero-order valence-corrected chi connectivity index (χ0v) is 21.4. The van der Waals surface area contributed by atoms with E-state index in [2.05, 4.69) is 35.3 Å². The van der Waals surface area contributed by atoms with Crippen molar-refractivity contribution in [2.45, 2.75) is 66.2 Å². The molecule has 0 unspecified atom stereocenters. The lowest BCUT2D eigenvalue weighted by Gasteiger charge is -2.39. The molecule has 3 rings (SSSR count). The number of carbonyl (C=O) groups is 1. The van der Waals surface area contributed by atoms with Crippen molar-refractivity contribution in [3.05, 3.63) is 62.6 Å². The van der Waals surface area contributed by atoms with E-state index in [4.69, 9.17) is 27.9 Å². The van der Waals surface area contributed by atoms with Gasteiger partial charge in [-0.15, -0.1) is 0 Å². The quantitative estimate of drug-likeness (QED) is 0.439. The van der Waals surface area contributed by atoms with E-state index < -0.39 is 5.60 Å². The summed E-state index contributed by atoms with van der Waals surface area (Å²) >= 11 is 12.8. The number of aryl methyl sites for hydroxylation is 2. The Balaban J connectivity index is 1.65. The molecule has 2 aromatic carbocycles. The molecule has 1 atom stereocenters. The second kappa shape index (κ2) is 10.0. The van der Waals surface area contributed by atoms with Crippen molar-refractivity contribution >= 4 is 34.9 Å². The monoisotopic (exact) mass is 476 g/mol. The SMILES string of the molecule is CC[C@@H](Nc1ccc(Cl)c(CN2CC(C(=O)OC(C)(C)C)C2)c1)c1cc(C)c(Cl)c(C)c1. The summed E-state index contributed by atoms with van der Waals surface area (Å²) in [5, 5.41) is 5.22. The van der Waals surface area contributed by atoms with E-state index in [0.29, 0.717) is 19.6 Å². The molecular weight excluding hydrogens is 443 g/mol. The van der Waals surface area contributed by atoms with Crippen molar-refractivity contribution in [2.24, 2.45) is 5.92 Å². The van der Waals surface area contributed by atoms with Gasteiger partial charge in [-0.2, -0.15) is 0 Å². The van der Waals surface area contributed by atoms with Crippen LogP contribution in [-0.2, 0) is 16.1 Å². The number of rotatable bonds is 7. The molecule has 0 radical (unpaired) electrons. The van der Waals surface area contributed by atoms with Gasteiger partial charge in [-0.05, 0) is 81.5 Å². The van der Waals surface area contributed by atoms with Gasteiger partial charge in [0.1, 0.15) is 5.60 Å². The molecule has 0 bridgehead atoms. The highest BCUT2D eigenvalue weighted by Gasteiger charge is 2.35. The van der Waals surface area contributed by atoms with Gasteiger partial charge in [0.05, 0.1) is 12.0 Å². The van der Waals surface area contributed by atoms with E-state index in [1.165, 1.54) is 5.56 Å². The molecule has 1 fully saturated rings. The topological polar surface area (TPSA) is 41.6 Å². The Morgan fingerprint density at radius 3 is 2.34 bits per heavy atom. The summed E-state index contributed by atoms with van der Waals surface area (Å²) in [6, 6.07) is 10.6. The van der Waals surface area contributed by atoms with Crippen molar-refractivity contribution in [2.75, 3.05) is 18.4 Å². The van der Waals surface area contributed by atoms with Crippen LogP contribution in [0.1, 0.15) is 62.4 Å². The maximum atomic E-state index is 12.2. The van der Waals surface area contributed by atoms with Crippen molar-refractivity contribution < 1.29 is 9.53 Å². The molecule has 1 heterocycles. The van der Waals surface area contributed by atoms with E-state index in [1.54, 1.807) is 0 Å². The molecular formula is C26H34Cl2N2O2. The van der Waals surface area contributed by atoms with Gasteiger partial charge in [0.2, 0.25) is 0 Å². The van der Waals surface area contributed by atoms with Crippen molar-refractivity contribution in [3.63, 3.8) is 0 Å². The van der Waals surface area contributed by atoms with Crippen LogP contribution in [0.25, 0.3) is 0 Å². The Labute approximate surface area is 202 Å². The van der Waals surface area contributed by atoms with Gasteiger partial charge >= 0.3 is 5.97 Å². The zero-order valence-electron chi connectivity index (χ0n) is 19.9. The summed E-state index contributed by atoms with van der Waals surface area (Å²) in [5.41, 5.74) is 5.06. The number of nitrogens with one attached hydrogen (secondary N) is 1. The molecule has 1 aliphatic rings. The summed E-state index contributed by atoms with van der Waals surface area (Å²) in [7, 11) is 0. The second-order valence-electron chi connectivity index (χ2n) is 9.80. The van der Waals surface area contributed by atoms with E-state index >= 15 is 0 Å². The number of esters is 1. The van der Waals surface area contributed by atoms with E-state index in [1.807, 2.05) is 46.8 Å². The predicted molar refractivity (Wildman–Crippen MR) is 134 cm³/mol. The fourth-order valence-corrected chi connectivity index (χ4v) is 4.35. The van der Waals surface area contributed by atoms with Gasteiger partial charge in [0, 0.05) is 35.4 Å². The number of halogens is 2. The molecule has 1 N–H and O–H groups in total. The maximum absolute atomic E-state index is 12.2. The van der Waals surface area contributed by atoms with Crippen LogP contribution in [0, 0.1) is 19.8 Å². The third-order valence-corrected chi connectivity index (χ3v) is 6.71. The van der Waals surface area contributed by atoms with Crippen molar-refractivity contribution in [1.29, 1.82) is 0 Å². The van der Waals surface area contributed by atoms with Gasteiger partial charge in [0.15, 0.2) is 0 Å². The number of anilines is 1. The fourth-order valence-electron chi connectivity index (χ4n) is 4.06. The van der Waals surface area contributed by atoms with Gasteiger partial charge in [-0.25, -0.2) is 0 Å². The minimum Gasteiger partial charge on any atom is -0.460 e. The second-order valence-corrected chi connectivity index (χ2v) is 10.6. The minimum absolute atomic E-state index is 0.0600. The molecule has 1 aliphatic heterocycles. The summed E-state index contributed by atoms with van der Waals surface area (Å²) in [6.07, 6.45) is 0.947. The Bertz CT molecular complexity index is 955. The number of carbonyl (C=O) groups excluding carboxylic acids is 1. The molecule has 0 spiro atoms. The average Bonchev–Trinajstić information content (AvgIpc) is 2.66. The molecule has 6 heteroatoms. The summed E-state index contributed by atoms with van der Waals surface area (Å²) in [4.78, 5) is 14.4. The largest absolute Gasteiger partial charge is 0.460 e. The van der Waals surface area contributed by atoms with Gasteiger partial charge in [-0.3, -0.25) is 9.69 Å². The molecule has 1 saturated heterocycles. The third kappa shape index (κ3) is 6.18. The first-order chi connectivity index (χ1) is 15.0. The molecule has 0 aromatic heterocycles. The highest BCUT2D eigenvalue weighted by Crippen LogP contribution is 2.31. The van der Waals surface area contributed by atoms with Crippen LogP contribution in [0.2, 0.25) is 10.0 Å². The van der Waals surface area contributed by atoms with Crippen molar-refractivity contribution in [1.82, 2.24) is 4.90 Å². The molecule has 0 saturated carbocycles. The molecule has 174 valence electrons. The third-order valence-electron chi connectivity index (χ3n) is 5.75. The van der Waals surface area contributed by atoms with Crippen molar-refractivity contribution in [3.8, 4) is 0 Å². The van der Waals surface area contributed by atoms with Crippen LogP contribution in [0.3, 0.4) is 0 Å². The number of ether oxygens (including phenoxy) is 1. The summed E-state index contributed by atoms with van der Waals surface area (Å²) < 4.78 is 5.50. The Morgan fingerprint density at radius 2 is 1.78 bits per heavy atom. The van der Waals surface area contributed by atoms with Gasteiger partial charge in [0.25, 0.3) is 0 Å². The van der Waals surface area contributed by atoms with E-state index in [9.17, 15) is 4.79 Å². The molecule has 0 aliphatic carbocycles. The van der Waals surface area contributed by atoms with Crippen LogP contribution in [0.4, 0.5) is 5.69 Å². The molecule has 32 heavy (non-hydrogen) atoms. The van der Waals surface area contributed by atoms with Gasteiger partial charge in [-0.1, -0.05) is 42.3 Å². The first kappa shape index (κ1) is 24.9. The zero-order chi connectivity index (χ0) is 23.6. The van der Waals surface area contributed by atoms with E-state index in [0.717, 1.165) is 38.8 Å². The highest BCUT2D eigenvalue weighted by molar-refractivity contribution is 6.32. The molecule has 2 aromatic rings. The normalized spacial score (nSPS) is 15.9. The van der Waals surface area contributed by atoms with Crippen LogP contribution in [0.15, 0.2) is 30.3 Å². The number of benzene rings is 2. The Hall–Kier alpha value is -1.75. The number of hydrogen-bond donors (Lipinski definition) is 1. The fraction of sp³-hybridized carbons (Fsp3) is 0.500. The van der Waals surface area contributed by atoms with Crippen LogP contribution >= 0.6 is 23.2 Å². The maximum Gasteiger partial charge on any atom is 0.312 e. The smallest absolute Gasteiger partial charge is 0.312 e. The Morgan fingerprint density at radius 1 is 1.16 bits per heavy atom. The predicted octanol–water partition coefficient (Wildman–Crippen LogP) is 6.95. The van der Waals surface area contributed by atoms with Gasteiger partial charge < -0.3 is 10.1 Å². The Kier molecular flexibility index (Phi) is 7.80. The summed E-state index contributed by atoms with van der Waals surface area (Å²) in [6.45, 7) is 14.1. The minimum atomic E-state index is -0.447. The average molecular weight is 477 g/mol. The van der Waals surface area contributed by atoms with Crippen LogP contribution in [0.5, 0.6) is 0 Å².